The van der Waals surface area contributed by atoms with Crippen molar-refractivity contribution < 1.29 is 0 Å². The molecule has 3 aromatic heterocycles. The van der Waals surface area contributed by atoms with Crippen molar-refractivity contribution in [2.75, 3.05) is 12.4 Å². The van der Waals surface area contributed by atoms with Crippen LogP contribution < -0.4 is 10.6 Å². The number of H-pyrrole nitrogens is 1. The molecular formula is C17H14Cl2N8. The monoisotopic (exact) mass is 400 g/mol. The lowest BCUT2D eigenvalue weighted by molar-refractivity contribution is 0.785. The maximum atomic E-state index is 6.28. The predicted molar refractivity (Wildman–Crippen MR) is 105 cm³/mol. The normalized spacial score (nSPS) is 11.1. The Morgan fingerprint density at radius 3 is 2.56 bits per heavy atom. The lowest BCUT2D eigenvalue weighted by Crippen LogP contribution is -2.08. The molecule has 0 aliphatic heterocycles. The summed E-state index contributed by atoms with van der Waals surface area (Å²) in [5, 5.41) is 7.15. The third-order valence-electron chi connectivity index (χ3n) is 3.80. The van der Waals surface area contributed by atoms with Crippen LogP contribution in [0.4, 0.5) is 11.6 Å². The van der Waals surface area contributed by atoms with E-state index in [0.717, 1.165) is 5.69 Å². The highest BCUT2D eigenvalue weighted by Gasteiger charge is 2.16. The van der Waals surface area contributed by atoms with Crippen LogP contribution in [0.1, 0.15) is 5.69 Å². The zero-order valence-electron chi connectivity index (χ0n) is 14.2. The summed E-state index contributed by atoms with van der Waals surface area (Å²) in [6, 6.07) is 5.28. The predicted octanol–water partition coefficient (Wildman–Crippen LogP) is 3.58. The molecule has 27 heavy (non-hydrogen) atoms. The van der Waals surface area contributed by atoms with E-state index in [0.29, 0.717) is 50.8 Å². The van der Waals surface area contributed by atoms with Crippen LogP contribution in [0, 0.1) is 0 Å². The van der Waals surface area contributed by atoms with Gasteiger partial charge in [-0.25, -0.2) is 19.9 Å². The topological polar surface area (TPSA) is 104 Å². The molecule has 4 rings (SSSR count). The van der Waals surface area contributed by atoms with Gasteiger partial charge in [0, 0.05) is 6.54 Å². The van der Waals surface area contributed by atoms with Gasteiger partial charge in [-0.05, 0) is 19.2 Å². The number of fused-ring (bicyclic) bond motifs is 1. The number of nitrogens with zero attached hydrogens (tertiary/aromatic N) is 5. The van der Waals surface area contributed by atoms with E-state index in [4.69, 9.17) is 23.2 Å². The Hall–Kier alpha value is -2.81. The highest BCUT2D eigenvalue weighted by molar-refractivity contribution is 6.39. The minimum Gasteiger partial charge on any atom is -0.333 e. The number of aromatic nitrogens is 6. The van der Waals surface area contributed by atoms with Crippen molar-refractivity contribution >= 4 is 46.0 Å². The van der Waals surface area contributed by atoms with Crippen molar-refractivity contribution in [3.8, 4) is 11.4 Å². The van der Waals surface area contributed by atoms with E-state index in [9.17, 15) is 0 Å². The first-order valence-corrected chi connectivity index (χ1v) is 8.79. The van der Waals surface area contributed by atoms with Gasteiger partial charge >= 0.3 is 0 Å². The Kier molecular flexibility index (Phi) is 4.85. The molecule has 0 saturated heterocycles. The first-order valence-electron chi connectivity index (χ1n) is 8.03. The Bertz CT molecular complexity index is 1070. The van der Waals surface area contributed by atoms with Gasteiger partial charge in [0.2, 0.25) is 0 Å². The standard InChI is InChI=1S/C17H14Cl2N8/c1-20-5-9-6-22-12(7-21-9)25-16-14-17(24-8-23-16)27-15(26-14)13-10(18)3-2-4-11(13)19/h2-4,6-8,20H,5H2,1H3,(H2,22,23,24,25,26,27). The lowest BCUT2D eigenvalue weighted by atomic mass is 10.2. The third-order valence-corrected chi connectivity index (χ3v) is 4.43. The number of nitrogens with one attached hydrogen (secondary N) is 3. The summed E-state index contributed by atoms with van der Waals surface area (Å²) in [4.78, 5) is 24.8. The number of aromatic amines is 1. The summed E-state index contributed by atoms with van der Waals surface area (Å²) in [5.74, 6) is 1.60. The Morgan fingerprint density at radius 2 is 1.85 bits per heavy atom. The van der Waals surface area contributed by atoms with Gasteiger partial charge < -0.3 is 15.6 Å². The van der Waals surface area contributed by atoms with Crippen LogP contribution in [0.2, 0.25) is 10.0 Å². The van der Waals surface area contributed by atoms with Crippen molar-refractivity contribution in [1.82, 2.24) is 35.2 Å². The average Bonchev–Trinajstić information content (AvgIpc) is 3.08. The molecule has 0 radical (unpaired) electrons. The maximum absolute atomic E-state index is 6.28. The van der Waals surface area contributed by atoms with Crippen LogP contribution in [0.25, 0.3) is 22.6 Å². The molecule has 3 N–H and O–H groups in total. The molecule has 0 atom stereocenters. The number of anilines is 2. The SMILES string of the molecule is CNCc1cnc(Nc2ncnc3nc(-c4c(Cl)cccc4Cl)[nH]c23)cn1. The quantitative estimate of drug-likeness (QED) is 0.470. The van der Waals surface area contributed by atoms with Crippen molar-refractivity contribution in [3.05, 3.63) is 52.7 Å². The van der Waals surface area contributed by atoms with Gasteiger partial charge in [0.05, 0.1) is 33.7 Å². The molecule has 0 spiro atoms. The summed E-state index contributed by atoms with van der Waals surface area (Å²) in [6.07, 6.45) is 4.76. The fourth-order valence-electron chi connectivity index (χ4n) is 2.58. The van der Waals surface area contributed by atoms with E-state index < -0.39 is 0 Å². The molecule has 0 fully saturated rings. The van der Waals surface area contributed by atoms with Gasteiger partial charge in [-0.15, -0.1) is 0 Å². The van der Waals surface area contributed by atoms with E-state index in [-0.39, 0.29) is 0 Å². The van der Waals surface area contributed by atoms with Gasteiger partial charge in [-0.3, -0.25) is 4.98 Å². The fourth-order valence-corrected chi connectivity index (χ4v) is 3.16. The second-order valence-corrected chi connectivity index (χ2v) is 6.47. The molecule has 4 aromatic rings. The van der Waals surface area contributed by atoms with Crippen LogP contribution >= 0.6 is 23.2 Å². The summed E-state index contributed by atoms with van der Waals surface area (Å²) in [6.45, 7) is 0.646. The summed E-state index contributed by atoms with van der Waals surface area (Å²) >= 11 is 12.6. The largest absolute Gasteiger partial charge is 0.333 e. The molecule has 0 bridgehead atoms. The minimum absolute atomic E-state index is 0.484. The molecule has 0 aliphatic rings. The number of rotatable bonds is 5. The number of hydrogen-bond acceptors (Lipinski definition) is 7. The van der Waals surface area contributed by atoms with Crippen LogP contribution in [0.3, 0.4) is 0 Å². The molecule has 10 heteroatoms. The van der Waals surface area contributed by atoms with Gasteiger partial charge in [0.25, 0.3) is 0 Å². The summed E-state index contributed by atoms with van der Waals surface area (Å²) in [5.41, 5.74) is 2.55. The molecule has 3 heterocycles. The number of hydrogen-bond donors (Lipinski definition) is 3. The zero-order chi connectivity index (χ0) is 18.8. The van der Waals surface area contributed by atoms with Crippen molar-refractivity contribution in [2.45, 2.75) is 6.54 Å². The van der Waals surface area contributed by atoms with Crippen LogP contribution in [-0.2, 0) is 6.54 Å². The van der Waals surface area contributed by atoms with Gasteiger partial charge in [0.1, 0.15) is 23.5 Å². The Balaban J connectivity index is 1.71. The van der Waals surface area contributed by atoms with Crippen LogP contribution in [-0.4, -0.2) is 37.0 Å². The van der Waals surface area contributed by atoms with Crippen molar-refractivity contribution in [3.63, 3.8) is 0 Å². The molecule has 0 amide bonds. The van der Waals surface area contributed by atoms with E-state index >= 15 is 0 Å². The van der Waals surface area contributed by atoms with E-state index in [1.165, 1.54) is 6.33 Å². The molecule has 0 unspecified atom stereocenters. The molecular weight excluding hydrogens is 387 g/mol. The fraction of sp³-hybridized carbons (Fsp3) is 0.118. The summed E-state index contributed by atoms with van der Waals surface area (Å²) < 4.78 is 0. The highest BCUT2D eigenvalue weighted by atomic mass is 35.5. The van der Waals surface area contributed by atoms with E-state index in [2.05, 4.69) is 40.5 Å². The minimum atomic E-state index is 0.484. The molecule has 0 saturated carbocycles. The molecule has 136 valence electrons. The number of imidazole rings is 1. The van der Waals surface area contributed by atoms with Crippen LogP contribution in [0.5, 0.6) is 0 Å². The number of benzene rings is 1. The zero-order valence-corrected chi connectivity index (χ0v) is 15.7. The smallest absolute Gasteiger partial charge is 0.183 e. The van der Waals surface area contributed by atoms with Crippen LogP contribution in [0.15, 0.2) is 36.9 Å². The molecule has 1 aromatic carbocycles. The lowest BCUT2D eigenvalue weighted by Gasteiger charge is -2.05. The van der Waals surface area contributed by atoms with Crippen molar-refractivity contribution in [1.29, 1.82) is 0 Å². The number of halogens is 2. The van der Waals surface area contributed by atoms with Crippen molar-refractivity contribution in [2.24, 2.45) is 0 Å². The molecule has 0 aliphatic carbocycles. The first-order chi connectivity index (χ1) is 13.2. The van der Waals surface area contributed by atoms with E-state index in [1.807, 2.05) is 7.05 Å². The Labute approximate surface area is 164 Å². The first kappa shape index (κ1) is 17.6. The highest BCUT2D eigenvalue weighted by Crippen LogP contribution is 2.34. The third kappa shape index (κ3) is 3.55. The Morgan fingerprint density at radius 1 is 1.04 bits per heavy atom. The summed E-state index contributed by atoms with van der Waals surface area (Å²) in [7, 11) is 1.85. The second-order valence-electron chi connectivity index (χ2n) is 5.65. The average molecular weight is 401 g/mol. The van der Waals surface area contributed by atoms with E-state index in [1.54, 1.807) is 30.6 Å². The van der Waals surface area contributed by atoms with Gasteiger partial charge in [-0.1, -0.05) is 29.3 Å². The van der Waals surface area contributed by atoms with Gasteiger partial charge in [-0.2, -0.15) is 0 Å². The second kappa shape index (κ2) is 7.43. The molecule has 8 nitrogen and oxygen atoms in total. The van der Waals surface area contributed by atoms with Gasteiger partial charge in [0.15, 0.2) is 11.5 Å². The maximum Gasteiger partial charge on any atom is 0.183 e.